The van der Waals surface area contributed by atoms with Gasteiger partial charge in [0.05, 0.1) is 30.1 Å². The Morgan fingerprint density at radius 2 is 2.05 bits per heavy atom. The first-order chi connectivity index (χ1) is 17.9. The van der Waals surface area contributed by atoms with Crippen molar-refractivity contribution in [3.63, 3.8) is 0 Å². The van der Waals surface area contributed by atoms with Gasteiger partial charge in [0.2, 0.25) is 5.88 Å². The maximum Gasteiger partial charge on any atom is 0.222 e. The van der Waals surface area contributed by atoms with E-state index in [9.17, 15) is 0 Å². The SMILES string of the molecule is Cc1nc(-c2nn3c4cc(ncc24)Nc2ccnc(n2)-c2cnn(C)c2OCC[C@@H]3C)sc1CN(C)C. The molecule has 0 saturated heterocycles. The molecule has 1 aliphatic heterocycles. The van der Waals surface area contributed by atoms with Crippen molar-refractivity contribution < 1.29 is 4.74 Å². The Morgan fingerprint density at radius 1 is 1.19 bits per heavy atom. The van der Waals surface area contributed by atoms with Crippen LogP contribution in [0.3, 0.4) is 0 Å². The Kier molecular flexibility index (Phi) is 5.84. The summed E-state index contributed by atoms with van der Waals surface area (Å²) in [5.74, 6) is 2.49. The first kappa shape index (κ1) is 23.5. The minimum Gasteiger partial charge on any atom is -0.477 e. The number of thiazole rings is 1. The molecule has 1 atom stereocenters. The molecular weight excluding hydrogens is 488 g/mol. The smallest absolute Gasteiger partial charge is 0.222 e. The van der Waals surface area contributed by atoms with E-state index in [1.54, 1.807) is 28.4 Å². The van der Waals surface area contributed by atoms with E-state index in [1.165, 1.54) is 4.88 Å². The maximum absolute atomic E-state index is 6.20. The number of rotatable bonds is 3. The maximum atomic E-state index is 6.20. The second kappa shape index (κ2) is 9.20. The van der Waals surface area contributed by atoms with Gasteiger partial charge in [-0.15, -0.1) is 11.3 Å². The highest BCUT2D eigenvalue weighted by molar-refractivity contribution is 7.15. The summed E-state index contributed by atoms with van der Waals surface area (Å²) in [6.45, 7) is 5.55. The van der Waals surface area contributed by atoms with Crippen molar-refractivity contribution in [3.05, 3.63) is 41.3 Å². The number of nitrogens with zero attached hydrogens (tertiary/aromatic N) is 9. The second-order valence-corrected chi connectivity index (χ2v) is 10.6. The van der Waals surface area contributed by atoms with Gasteiger partial charge in [-0.25, -0.2) is 24.6 Å². The molecule has 0 aliphatic carbocycles. The highest BCUT2D eigenvalue weighted by Gasteiger charge is 2.22. The number of nitrogens with one attached hydrogen (secondary N) is 1. The van der Waals surface area contributed by atoms with E-state index < -0.39 is 0 Å². The van der Waals surface area contributed by atoms with E-state index in [0.717, 1.165) is 45.8 Å². The van der Waals surface area contributed by atoms with E-state index >= 15 is 0 Å². The highest BCUT2D eigenvalue weighted by atomic mass is 32.1. The van der Waals surface area contributed by atoms with E-state index in [0.29, 0.717) is 29.9 Å². The number of hydrogen-bond acceptors (Lipinski definition) is 10. The van der Waals surface area contributed by atoms with Crippen molar-refractivity contribution in [1.29, 1.82) is 0 Å². The van der Waals surface area contributed by atoms with Crippen LogP contribution in [0.2, 0.25) is 0 Å². The van der Waals surface area contributed by atoms with Gasteiger partial charge < -0.3 is 15.0 Å². The van der Waals surface area contributed by atoms with Crippen LogP contribution in [-0.2, 0) is 13.6 Å². The molecule has 11 nitrogen and oxygen atoms in total. The standard InChI is InChI=1S/C25H28N10OS/c1-14-7-9-36-25-17(12-28-34(25)5)23-26-8-6-20(31-23)30-21-10-18-16(11-27-21)22(32-35(14)18)24-29-15(2)19(37-24)13-33(3)4/h6,8,10-12,14H,7,9,13H2,1-5H3,(H,26,27,30,31)/t14-/m0/s1. The predicted molar refractivity (Wildman–Crippen MR) is 143 cm³/mol. The molecule has 0 unspecified atom stereocenters. The summed E-state index contributed by atoms with van der Waals surface area (Å²) in [5, 5.41) is 14.6. The summed E-state index contributed by atoms with van der Waals surface area (Å²) < 4.78 is 9.97. The quantitative estimate of drug-likeness (QED) is 0.377. The molecule has 6 heterocycles. The zero-order valence-corrected chi connectivity index (χ0v) is 22.2. The number of aromatic nitrogens is 8. The van der Waals surface area contributed by atoms with Crippen LogP contribution in [0.4, 0.5) is 11.6 Å². The molecule has 6 rings (SSSR count). The van der Waals surface area contributed by atoms with E-state index in [4.69, 9.17) is 19.8 Å². The Morgan fingerprint density at radius 3 is 2.89 bits per heavy atom. The number of aryl methyl sites for hydroxylation is 2. The third-order valence-electron chi connectivity index (χ3n) is 6.38. The van der Waals surface area contributed by atoms with Crippen LogP contribution < -0.4 is 10.1 Å². The van der Waals surface area contributed by atoms with Gasteiger partial charge >= 0.3 is 0 Å². The van der Waals surface area contributed by atoms with E-state index in [-0.39, 0.29) is 6.04 Å². The summed E-state index contributed by atoms with van der Waals surface area (Å²) in [6.07, 6.45) is 6.06. The summed E-state index contributed by atoms with van der Waals surface area (Å²) in [5.41, 5.74) is 3.61. The molecular formula is C25H28N10OS. The zero-order chi connectivity index (χ0) is 25.7. The summed E-state index contributed by atoms with van der Waals surface area (Å²) in [7, 11) is 5.99. The van der Waals surface area contributed by atoms with E-state index in [1.807, 2.05) is 25.4 Å². The first-order valence-electron chi connectivity index (χ1n) is 12.1. The van der Waals surface area contributed by atoms with Crippen LogP contribution in [0.25, 0.3) is 33.0 Å². The van der Waals surface area contributed by atoms with Crippen LogP contribution >= 0.6 is 11.3 Å². The van der Waals surface area contributed by atoms with Crippen molar-refractivity contribution in [2.24, 2.45) is 7.05 Å². The Hall–Kier alpha value is -3.90. The average Bonchev–Trinajstić information content (AvgIpc) is 3.53. The van der Waals surface area contributed by atoms with Crippen LogP contribution in [0, 0.1) is 6.92 Å². The van der Waals surface area contributed by atoms with Crippen LogP contribution in [0.5, 0.6) is 5.88 Å². The van der Waals surface area contributed by atoms with Gasteiger partial charge in [-0.2, -0.15) is 10.2 Å². The minimum absolute atomic E-state index is 0.0718. The lowest BCUT2D eigenvalue weighted by molar-refractivity contribution is 0.260. The van der Waals surface area contributed by atoms with Crippen molar-refractivity contribution in [1.82, 2.24) is 44.4 Å². The molecule has 0 amide bonds. The summed E-state index contributed by atoms with van der Waals surface area (Å²) in [4.78, 5) is 22.1. The molecule has 0 spiro atoms. The summed E-state index contributed by atoms with van der Waals surface area (Å²) >= 11 is 1.69. The van der Waals surface area contributed by atoms with Crippen molar-refractivity contribution in [2.75, 3.05) is 26.0 Å². The normalized spacial score (nSPS) is 15.5. The van der Waals surface area contributed by atoms with Gasteiger partial charge in [0.25, 0.3) is 0 Å². The van der Waals surface area contributed by atoms with Crippen molar-refractivity contribution in [3.8, 4) is 28.0 Å². The highest BCUT2D eigenvalue weighted by Crippen LogP contribution is 2.36. The number of fused-ring (bicyclic) bond motifs is 5. The number of ether oxygens (including phenoxy) is 1. The third-order valence-corrected chi connectivity index (χ3v) is 7.52. The van der Waals surface area contributed by atoms with Gasteiger partial charge in [-0.05, 0) is 34.0 Å². The molecule has 1 aliphatic rings. The molecule has 12 heteroatoms. The number of pyridine rings is 1. The Balaban J connectivity index is 1.47. The Labute approximate surface area is 218 Å². The molecule has 4 bridgehead atoms. The lowest BCUT2D eigenvalue weighted by atomic mass is 10.2. The fourth-order valence-electron chi connectivity index (χ4n) is 4.45. The molecule has 0 saturated carbocycles. The summed E-state index contributed by atoms with van der Waals surface area (Å²) in [6, 6.07) is 3.91. The van der Waals surface area contributed by atoms with Gasteiger partial charge in [0.1, 0.15) is 27.9 Å². The molecule has 190 valence electrons. The molecule has 5 aromatic rings. The number of anilines is 2. The predicted octanol–water partition coefficient (Wildman–Crippen LogP) is 4.20. The van der Waals surface area contributed by atoms with Crippen molar-refractivity contribution >= 4 is 33.9 Å². The van der Waals surface area contributed by atoms with Gasteiger partial charge in [0, 0.05) is 48.7 Å². The van der Waals surface area contributed by atoms with Crippen LogP contribution in [0.15, 0.2) is 30.7 Å². The molecule has 37 heavy (non-hydrogen) atoms. The lowest BCUT2D eigenvalue weighted by Gasteiger charge is -2.16. The van der Waals surface area contributed by atoms with Gasteiger partial charge in [0.15, 0.2) is 5.82 Å². The van der Waals surface area contributed by atoms with Gasteiger partial charge in [-0.1, -0.05) is 0 Å². The molecule has 0 radical (unpaired) electrons. The Bertz CT molecular complexity index is 1600. The van der Waals surface area contributed by atoms with Crippen LogP contribution in [-0.4, -0.2) is 65.1 Å². The topological polar surface area (TPSA) is 112 Å². The van der Waals surface area contributed by atoms with E-state index in [2.05, 4.69) is 57.9 Å². The average molecular weight is 517 g/mol. The zero-order valence-electron chi connectivity index (χ0n) is 21.4. The molecule has 0 aromatic carbocycles. The third kappa shape index (κ3) is 4.31. The molecule has 1 N–H and O–H groups in total. The largest absolute Gasteiger partial charge is 0.477 e. The molecule has 5 aromatic heterocycles. The van der Waals surface area contributed by atoms with Gasteiger partial charge in [-0.3, -0.25) is 4.68 Å². The fraction of sp³-hybridized carbons (Fsp3) is 0.360. The fourth-order valence-corrected chi connectivity index (χ4v) is 5.63. The van der Waals surface area contributed by atoms with Crippen molar-refractivity contribution in [2.45, 2.75) is 32.9 Å². The minimum atomic E-state index is 0.0718. The monoisotopic (exact) mass is 516 g/mol. The second-order valence-electron chi connectivity index (χ2n) is 9.51. The lowest BCUT2D eigenvalue weighted by Crippen LogP contribution is -2.13. The number of hydrogen-bond donors (Lipinski definition) is 1. The first-order valence-corrected chi connectivity index (χ1v) is 12.9. The molecule has 0 fully saturated rings. The van der Waals surface area contributed by atoms with Crippen LogP contribution in [0.1, 0.15) is 30.0 Å².